The van der Waals surface area contributed by atoms with E-state index in [0.29, 0.717) is 0 Å². The molecule has 3 nitrogen and oxygen atoms in total. The van der Waals surface area contributed by atoms with Gasteiger partial charge in [0.05, 0.1) is 12.5 Å². The lowest BCUT2D eigenvalue weighted by Crippen LogP contribution is -2.07. The molecule has 42 valence electrons. The highest BCUT2D eigenvalue weighted by atomic mass is 16.5. The Bertz CT molecular complexity index is 67.3. The standard InChI is InChI=1S/C4H8O3/c1-3(5)2-4(6)7/h3,5H,2H2,1H3,(H,6,7)/i3+2. The number of hydrogen-bond acceptors (Lipinski definition) is 2. The first kappa shape index (κ1) is 6.43. The second-order valence-electron chi connectivity index (χ2n) is 1.45. The summed E-state index contributed by atoms with van der Waals surface area (Å²) in [7, 11) is 0. The normalized spacial score (nSPS) is 13.4. The van der Waals surface area contributed by atoms with Gasteiger partial charge in [-0.1, -0.05) is 0 Å². The van der Waals surface area contributed by atoms with Gasteiger partial charge < -0.3 is 10.2 Å². The van der Waals surface area contributed by atoms with Crippen LogP contribution < -0.4 is 0 Å². The summed E-state index contributed by atoms with van der Waals surface area (Å²) in [4.78, 5) is 9.65. The van der Waals surface area contributed by atoms with Crippen molar-refractivity contribution in [3.05, 3.63) is 0 Å². The van der Waals surface area contributed by atoms with Crippen molar-refractivity contribution in [3.8, 4) is 0 Å². The number of aliphatic carboxylic acids is 1. The average molecular weight is 106 g/mol. The number of rotatable bonds is 2. The molecule has 0 amide bonds. The molecule has 0 aromatic rings. The molecule has 0 saturated carbocycles. The molecule has 7 heavy (non-hydrogen) atoms. The molecular formula is C4H8O3. The van der Waals surface area contributed by atoms with Crippen molar-refractivity contribution in [2.75, 3.05) is 0 Å². The van der Waals surface area contributed by atoms with Gasteiger partial charge in [0.15, 0.2) is 0 Å². The number of aliphatic hydroxyl groups excluding tert-OH is 1. The Kier molecular flexibility index (Phi) is 2.37. The Morgan fingerprint density at radius 2 is 2.29 bits per heavy atom. The highest BCUT2D eigenvalue weighted by Gasteiger charge is 2.00. The summed E-state index contributed by atoms with van der Waals surface area (Å²) in [5.74, 6) is -0.963. The van der Waals surface area contributed by atoms with Gasteiger partial charge in [-0.05, 0) is 6.92 Å². The second-order valence-corrected chi connectivity index (χ2v) is 1.45. The van der Waals surface area contributed by atoms with Crippen LogP contribution in [0.2, 0.25) is 0 Å². The van der Waals surface area contributed by atoms with Gasteiger partial charge in [0.1, 0.15) is 0 Å². The SMILES string of the molecule is C[14CH](O)CC(=O)O. The van der Waals surface area contributed by atoms with Crippen LogP contribution in [0.4, 0.5) is 0 Å². The van der Waals surface area contributed by atoms with Gasteiger partial charge in [0, 0.05) is 0 Å². The Hall–Kier alpha value is -0.570. The van der Waals surface area contributed by atoms with E-state index < -0.39 is 12.1 Å². The number of carboxylic acid groups (broad SMARTS) is 1. The lowest BCUT2D eigenvalue weighted by atomic mass is 10.7. The fourth-order valence-electron chi connectivity index (χ4n) is 0.253. The summed E-state index contributed by atoms with van der Waals surface area (Å²) >= 11 is 0. The van der Waals surface area contributed by atoms with Crippen LogP contribution in [-0.4, -0.2) is 22.3 Å². The van der Waals surface area contributed by atoms with Gasteiger partial charge in [0.2, 0.25) is 0 Å². The molecule has 0 aromatic heterocycles. The minimum Gasteiger partial charge on any atom is -0.481 e. The maximum atomic E-state index is 9.65. The van der Waals surface area contributed by atoms with E-state index in [0.717, 1.165) is 0 Å². The Balaban J connectivity index is 3.13. The third kappa shape index (κ3) is 5.43. The zero-order valence-electron chi connectivity index (χ0n) is 4.09. The summed E-state index contributed by atoms with van der Waals surface area (Å²) in [6, 6.07) is 0. The lowest BCUT2D eigenvalue weighted by molar-refractivity contribution is -0.138. The Morgan fingerprint density at radius 1 is 1.86 bits per heavy atom. The van der Waals surface area contributed by atoms with Crippen molar-refractivity contribution in [2.24, 2.45) is 0 Å². The molecule has 0 fully saturated rings. The van der Waals surface area contributed by atoms with Gasteiger partial charge in [-0.2, -0.15) is 0 Å². The number of hydrogen-bond donors (Lipinski definition) is 2. The van der Waals surface area contributed by atoms with Crippen molar-refractivity contribution in [1.82, 2.24) is 0 Å². The third-order valence-electron chi connectivity index (χ3n) is 0.470. The van der Waals surface area contributed by atoms with Crippen LogP contribution in [0.25, 0.3) is 0 Å². The van der Waals surface area contributed by atoms with Crippen LogP contribution in [0, 0.1) is 0 Å². The first-order valence-corrected chi connectivity index (χ1v) is 2.03. The lowest BCUT2D eigenvalue weighted by Gasteiger charge is -1.94. The molecule has 0 bridgehead atoms. The second kappa shape index (κ2) is 2.58. The van der Waals surface area contributed by atoms with Crippen molar-refractivity contribution >= 4 is 5.97 Å². The summed E-state index contributed by atoms with van der Waals surface area (Å²) in [5.41, 5.74) is 0. The van der Waals surface area contributed by atoms with Gasteiger partial charge in [-0.15, -0.1) is 0 Å². The minimum atomic E-state index is -0.963. The molecule has 0 aromatic carbocycles. The molecule has 0 rings (SSSR count). The maximum Gasteiger partial charge on any atom is 0.305 e. The predicted octanol–water partition coefficient (Wildman–Crippen LogP) is -0.158. The van der Waals surface area contributed by atoms with E-state index in [4.69, 9.17) is 10.2 Å². The number of aliphatic hydroxyl groups is 1. The van der Waals surface area contributed by atoms with Gasteiger partial charge in [0.25, 0.3) is 0 Å². The van der Waals surface area contributed by atoms with E-state index in [2.05, 4.69) is 0 Å². The molecule has 0 radical (unpaired) electrons. The van der Waals surface area contributed by atoms with E-state index in [1.165, 1.54) is 6.92 Å². The quantitative estimate of drug-likeness (QED) is 0.514. The molecule has 0 aliphatic rings. The predicted molar refractivity (Wildman–Crippen MR) is 23.9 cm³/mol. The summed E-state index contributed by atoms with van der Waals surface area (Å²) in [6.07, 6.45) is -0.891. The first-order valence-electron chi connectivity index (χ1n) is 2.03. The fraction of sp³-hybridized carbons (Fsp3) is 0.750. The van der Waals surface area contributed by atoms with E-state index in [1.54, 1.807) is 0 Å². The molecule has 0 spiro atoms. The Labute approximate surface area is 41.6 Å². The van der Waals surface area contributed by atoms with Gasteiger partial charge in [-0.3, -0.25) is 4.79 Å². The van der Waals surface area contributed by atoms with Crippen LogP contribution in [0.3, 0.4) is 0 Å². The van der Waals surface area contributed by atoms with Gasteiger partial charge in [-0.25, -0.2) is 0 Å². The molecule has 2 N–H and O–H groups in total. The molecule has 0 saturated heterocycles. The van der Waals surface area contributed by atoms with E-state index >= 15 is 0 Å². The largest absolute Gasteiger partial charge is 0.481 e. The molecule has 1 atom stereocenters. The van der Waals surface area contributed by atoms with Crippen LogP contribution in [0.15, 0.2) is 0 Å². The summed E-state index contributed by atoms with van der Waals surface area (Å²) in [6.45, 7) is 1.44. The van der Waals surface area contributed by atoms with Crippen LogP contribution in [0.5, 0.6) is 0 Å². The zero-order valence-corrected chi connectivity index (χ0v) is 4.09. The van der Waals surface area contributed by atoms with Crippen molar-refractivity contribution < 1.29 is 15.0 Å². The number of carbonyl (C=O) groups is 1. The number of carboxylic acids is 1. The minimum absolute atomic E-state index is 0.167. The van der Waals surface area contributed by atoms with Crippen molar-refractivity contribution in [3.63, 3.8) is 0 Å². The molecule has 1 unspecified atom stereocenters. The zero-order chi connectivity index (χ0) is 5.86. The summed E-state index contributed by atoms with van der Waals surface area (Å²) < 4.78 is 0. The Morgan fingerprint density at radius 3 is 2.29 bits per heavy atom. The van der Waals surface area contributed by atoms with Gasteiger partial charge >= 0.3 is 5.97 Å². The monoisotopic (exact) mass is 106 g/mol. The molecule has 0 aliphatic heterocycles. The third-order valence-corrected chi connectivity index (χ3v) is 0.470. The van der Waals surface area contributed by atoms with E-state index in [-0.39, 0.29) is 6.42 Å². The highest BCUT2D eigenvalue weighted by molar-refractivity contribution is 5.67. The van der Waals surface area contributed by atoms with Crippen LogP contribution in [-0.2, 0) is 4.79 Å². The molecule has 0 aliphatic carbocycles. The molecular weight excluding hydrogens is 98.0 g/mol. The fourth-order valence-corrected chi connectivity index (χ4v) is 0.253. The highest BCUT2D eigenvalue weighted by Crippen LogP contribution is 1.85. The van der Waals surface area contributed by atoms with Crippen LogP contribution >= 0.6 is 0 Å². The topological polar surface area (TPSA) is 57.5 Å². The van der Waals surface area contributed by atoms with Crippen LogP contribution in [0.1, 0.15) is 13.3 Å². The summed E-state index contributed by atoms with van der Waals surface area (Å²) in [5, 5.41) is 16.3. The smallest absolute Gasteiger partial charge is 0.305 e. The molecule has 0 heterocycles. The van der Waals surface area contributed by atoms with Crippen molar-refractivity contribution in [2.45, 2.75) is 19.4 Å². The first-order chi connectivity index (χ1) is 3.13. The van der Waals surface area contributed by atoms with E-state index in [1.807, 2.05) is 0 Å². The van der Waals surface area contributed by atoms with Crippen molar-refractivity contribution in [1.29, 1.82) is 0 Å². The average Bonchev–Trinajstić information content (AvgIpc) is 1.27. The van der Waals surface area contributed by atoms with E-state index in [9.17, 15) is 4.79 Å². The molecule has 3 heteroatoms. The maximum absolute atomic E-state index is 9.65.